The molecule has 0 saturated carbocycles. The van der Waals surface area contributed by atoms with E-state index in [-0.39, 0.29) is 6.04 Å². The van der Waals surface area contributed by atoms with Crippen LogP contribution in [0.3, 0.4) is 0 Å². The maximum atomic E-state index is 6.37. The van der Waals surface area contributed by atoms with Crippen molar-refractivity contribution in [3.8, 4) is 0 Å². The van der Waals surface area contributed by atoms with E-state index in [0.717, 1.165) is 6.42 Å². The maximum Gasteiger partial charge on any atom is 0.0623 e. The fourth-order valence-corrected chi connectivity index (χ4v) is 3.39. The van der Waals surface area contributed by atoms with Gasteiger partial charge in [0.2, 0.25) is 0 Å². The molecule has 2 heteroatoms. The number of aryl methyl sites for hydroxylation is 1. The van der Waals surface area contributed by atoms with Crippen molar-refractivity contribution in [1.29, 1.82) is 0 Å². The van der Waals surface area contributed by atoms with Crippen LogP contribution in [0.15, 0.2) is 24.3 Å². The van der Waals surface area contributed by atoms with Crippen LogP contribution in [0.4, 0.5) is 0 Å². The van der Waals surface area contributed by atoms with E-state index in [1.165, 1.54) is 30.4 Å². The lowest BCUT2D eigenvalue weighted by Crippen LogP contribution is -2.37. The van der Waals surface area contributed by atoms with Crippen LogP contribution in [0, 0.1) is 12.8 Å². The van der Waals surface area contributed by atoms with Crippen LogP contribution in [-0.4, -0.2) is 18.2 Å². The van der Waals surface area contributed by atoms with Gasteiger partial charge in [-0.25, -0.2) is 0 Å². The van der Waals surface area contributed by atoms with Crippen molar-refractivity contribution in [2.24, 2.45) is 11.7 Å². The van der Waals surface area contributed by atoms with Crippen molar-refractivity contribution in [3.63, 3.8) is 0 Å². The molecule has 1 aromatic rings. The van der Waals surface area contributed by atoms with E-state index in [9.17, 15) is 0 Å². The molecule has 1 aromatic carbocycles. The summed E-state index contributed by atoms with van der Waals surface area (Å²) in [6.45, 7) is 2.13. The first-order chi connectivity index (χ1) is 8.22. The molecule has 92 valence electrons. The second kappa shape index (κ2) is 4.43. The van der Waals surface area contributed by atoms with Crippen molar-refractivity contribution < 1.29 is 4.74 Å². The summed E-state index contributed by atoms with van der Waals surface area (Å²) < 4.78 is 5.89. The van der Waals surface area contributed by atoms with Crippen LogP contribution < -0.4 is 5.73 Å². The molecule has 0 aliphatic carbocycles. The highest BCUT2D eigenvalue weighted by Gasteiger charge is 2.43. The van der Waals surface area contributed by atoms with Gasteiger partial charge < -0.3 is 10.5 Å². The van der Waals surface area contributed by atoms with Gasteiger partial charge in [0, 0.05) is 12.0 Å². The summed E-state index contributed by atoms with van der Waals surface area (Å²) in [5.74, 6) is 0.578. The molecule has 2 saturated heterocycles. The van der Waals surface area contributed by atoms with Gasteiger partial charge in [-0.05, 0) is 38.2 Å². The Hall–Kier alpha value is -0.860. The van der Waals surface area contributed by atoms with Crippen molar-refractivity contribution in [1.82, 2.24) is 0 Å². The van der Waals surface area contributed by atoms with E-state index in [2.05, 4.69) is 31.2 Å². The molecule has 2 aliphatic rings. The average Bonchev–Trinajstić information content (AvgIpc) is 2.90. The Morgan fingerprint density at radius 2 is 2.29 bits per heavy atom. The van der Waals surface area contributed by atoms with Crippen molar-refractivity contribution in [2.75, 3.05) is 0 Å². The quantitative estimate of drug-likeness (QED) is 0.867. The molecule has 2 aliphatic heterocycles. The lowest BCUT2D eigenvalue weighted by Gasteiger charge is -2.25. The molecule has 4 unspecified atom stereocenters. The summed E-state index contributed by atoms with van der Waals surface area (Å²) in [6, 6.07) is 8.94. The highest BCUT2D eigenvalue weighted by atomic mass is 16.5. The van der Waals surface area contributed by atoms with E-state index in [1.54, 1.807) is 0 Å². The standard InChI is InChI=1S/C15H21NO/c1-10-3-2-4-11(7-10)8-14(16)13-9-12-5-6-15(13)17-12/h2-4,7,12-15H,5-6,8-9,16H2,1H3. The number of hydrogen-bond acceptors (Lipinski definition) is 2. The zero-order valence-electron chi connectivity index (χ0n) is 10.4. The molecule has 2 nitrogen and oxygen atoms in total. The normalized spacial score (nSPS) is 32.9. The maximum absolute atomic E-state index is 6.37. The lowest BCUT2D eigenvalue weighted by atomic mass is 9.82. The topological polar surface area (TPSA) is 35.2 Å². The van der Waals surface area contributed by atoms with Gasteiger partial charge >= 0.3 is 0 Å². The zero-order chi connectivity index (χ0) is 11.8. The Balaban J connectivity index is 1.65. The molecule has 2 bridgehead atoms. The van der Waals surface area contributed by atoms with E-state index in [1.807, 2.05) is 0 Å². The minimum atomic E-state index is 0.257. The van der Waals surface area contributed by atoms with Gasteiger partial charge in [-0.15, -0.1) is 0 Å². The van der Waals surface area contributed by atoms with Crippen LogP contribution in [0.5, 0.6) is 0 Å². The highest BCUT2D eigenvalue weighted by Crippen LogP contribution is 2.40. The number of fused-ring (bicyclic) bond motifs is 2. The Labute approximate surface area is 103 Å². The van der Waals surface area contributed by atoms with Crippen LogP contribution in [0.2, 0.25) is 0 Å². The average molecular weight is 231 g/mol. The molecule has 0 spiro atoms. The molecular formula is C15H21NO. The zero-order valence-corrected chi connectivity index (χ0v) is 10.4. The summed E-state index contributed by atoms with van der Waals surface area (Å²) >= 11 is 0. The molecule has 3 rings (SSSR count). The third kappa shape index (κ3) is 2.24. The van der Waals surface area contributed by atoms with Crippen molar-refractivity contribution in [2.45, 2.75) is 50.9 Å². The molecular weight excluding hydrogens is 210 g/mol. The molecule has 4 atom stereocenters. The van der Waals surface area contributed by atoms with Crippen LogP contribution in [-0.2, 0) is 11.2 Å². The number of rotatable bonds is 3. The fourth-order valence-electron chi connectivity index (χ4n) is 3.39. The number of hydrogen-bond donors (Lipinski definition) is 1. The minimum absolute atomic E-state index is 0.257. The molecule has 2 fully saturated rings. The van der Waals surface area contributed by atoms with Gasteiger partial charge in [0.1, 0.15) is 0 Å². The fraction of sp³-hybridized carbons (Fsp3) is 0.600. The molecule has 0 aromatic heterocycles. The first kappa shape index (κ1) is 11.2. The van der Waals surface area contributed by atoms with Crippen molar-refractivity contribution in [3.05, 3.63) is 35.4 Å². The van der Waals surface area contributed by atoms with Crippen LogP contribution in [0.25, 0.3) is 0 Å². The van der Waals surface area contributed by atoms with E-state index in [0.29, 0.717) is 18.1 Å². The third-order valence-electron chi connectivity index (χ3n) is 4.26. The second-order valence-electron chi connectivity index (χ2n) is 5.63. The molecule has 2 N–H and O–H groups in total. The van der Waals surface area contributed by atoms with Gasteiger partial charge in [-0.2, -0.15) is 0 Å². The van der Waals surface area contributed by atoms with Gasteiger partial charge in [0.25, 0.3) is 0 Å². The van der Waals surface area contributed by atoms with Gasteiger partial charge in [0.15, 0.2) is 0 Å². The first-order valence-corrected chi connectivity index (χ1v) is 6.69. The summed E-state index contributed by atoms with van der Waals surface area (Å²) in [5, 5.41) is 0. The largest absolute Gasteiger partial charge is 0.375 e. The summed E-state index contributed by atoms with van der Waals surface area (Å²) in [4.78, 5) is 0. The van der Waals surface area contributed by atoms with E-state index >= 15 is 0 Å². The lowest BCUT2D eigenvalue weighted by molar-refractivity contribution is 0.0885. The van der Waals surface area contributed by atoms with E-state index in [4.69, 9.17) is 10.5 Å². The second-order valence-corrected chi connectivity index (χ2v) is 5.63. The van der Waals surface area contributed by atoms with Crippen LogP contribution in [0.1, 0.15) is 30.4 Å². The molecule has 17 heavy (non-hydrogen) atoms. The number of ether oxygens (including phenoxy) is 1. The highest BCUT2D eigenvalue weighted by molar-refractivity contribution is 5.23. The predicted molar refractivity (Wildman–Crippen MR) is 68.9 cm³/mol. The Kier molecular flexibility index (Phi) is 2.93. The molecule has 0 radical (unpaired) electrons. The van der Waals surface area contributed by atoms with Gasteiger partial charge in [-0.3, -0.25) is 0 Å². The summed E-state index contributed by atoms with van der Waals surface area (Å²) in [6.07, 6.45) is 5.58. The van der Waals surface area contributed by atoms with Gasteiger partial charge in [-0.1, -0.05) is 29.8 Å². The summed E-state index contributed by atoms with van der Waals surface area (Å²) in [7, 11) is 0. The number of nitrogens with two attached hydrogens (primary N) is 1. The van der Waals surface area contributed by atoms with E-state index < -0.39 is 0 Å². The molecule has 2 heterocycles. The SMILES string of the molecule is Cc1cccc(CC(N)C2CC3CCC2O3)c1. The van der Waals surface area contributed by atoms with Crippen molar-refractivity contribution >= 4 is 0 Å². The Bertz CT molecular complexity index is 404. The number of benzene rings is 1. The third-order valence-corrected chi connectivity index (χ3v) is 4.26. The molecule has 0 amide bonds. The minimum Gasteiger partial charge on any atom is -0.375 e. The first-order valence-electron chi connectivity index (χ1n) is 6.69. The monoisotopic (exact) mass is 231 g/mol. The van der Waals surface area contributed by atoms with Gasteiger partial charge in [0.05, 0.1) is 12.2 Å². The Morgan fingerprint density at radius 1 is 1.41 bits per heavy atom. The Morgan fingerprint density at radius 3 is 2.94 bits per heavy atom. The predicted octanol–water partition coefficient (Wildman–Crippen LogP) is 2.43. The smallest absolute Gasteiger partial charge is 0.0623 e. The summed E-state index contributed by atoms with van der Waals surface area (Å²) in [5.41, 5.74) is 9.05. The van der Waals surface area contributed by atoms with Crippen LogP contribution >= 0.6 is 0 Å².